The maximum Gasteiger partial charge on any atom is 0.400 e. The second kappa shape index (κ2) is 5.01. The van der Waals surface area contributed by atoms with Gasteiger partial charge in [-0.1, -0.05) is 0 Å². The number of rotatable bonds is 2. The van der Waals surface area contributed by atoms with Gasteiger partial charge in [-0.15, -0.1) is 0 Å². The Morgan fingerprint density at radius 3 is 1.53 bits per heavy atom. The van der Waals surface area contributed by atoms with E-state index in [1.54, 1.807) is 0 Å². The molecule has 1 rings (SSSR count). The zero-order valence-corrected chi connectivity index (χ0v) is 13.6. The van der Waals surface area contributed by atoms with Crippen LogP contribution in [0.4, 0.5) is 13.2 Å². The van der Waals surface area contributed by atoms with Crippen molar-refractivity contribution in [3.05, 3.63) is 12.4 Å². The Hall–Kier alpha value is -0.693. The molecule has 1 N–H and O–H groups in total. The van der Waals surface area contributed by atoms with E-state index in [0.717, 1.165) is 0 Å². The Labute approximate surface area is 115 Å². The molecule has 1 heterocycles. The van der Waals surface area contributed by atoms with Crippen LogP contribution < -0.4 is 4.98 Å². The number of halogens is 3. The van der Waals surface area contributed by atoms with Crippen molar-refractivity contribution in [1.29, 1.82) is 0 Å². The molecule has 0 bridgehead atoms. The maximum atomic E-state index is 12.5. The first kappa shape index (κ1) is 16.4. The summed E-state index contributed by atoms with van der Waals surface area (Å²) in [6.45, 7) is 11.1. The summed E-state index contributed by atoms with van der Waals surface area (Å²) >= 11 is 0. The van der Waals surface area contributed by atoms with Gasteiger partial charge in [-0.2, -0.15) is 13.2 Å². The quantitative estimate of drug-likeness (QED) is 0.790. The molecule has 1 aliphatic rings. The molecule has 0 fully saturated rings. The van der Waals surface area contributed by atoms with Crippen molar-refractivity contribution in [2.75, 3.05) is 6.54 Å². The van der Waals surface area contributed by atoms with Crippen molar-refractivity contribution in [2.24, 2.45) is 0 Å². The van der Waals surface area contributed by atoms with Gasteiger partial charge < -0.3 is 9.13 Å². The first-order chi connectivity index (χ1) is 8.32. The van der Waals surface area contributed by atoms with E-state index in [0.29, 0.717) is 0 Å². The fraction of sp³-hybridized carbons (Fsp3) is 0.833. The molecule has 3 nitrogen and oxygen atoms in total. The van der Waals surface area contributed by atoms with E-state index >= 15 is 0 Å². The number of nitrogens with zero attached hydrogens (tertiary/aromatic N) is 2. The standard InChI is InChI=1S/C12H24F3N3Si/c1-10(2,3)17-7-8-18(11(4,5)6)19(17)16-9-12(13,14)15/h7-8,16,19H,9H2,1-6H3. The van der Waals surface area contributed by atoms with E-state index in [1.165, 1.54) is 0 Å². The summed E-state index contributed by atoms with van der Waals surface area (Å²) in [6.07, 6.45) is -0.361. The van der Waals surface area contributed by atoms with Crippen LogP contribution in [0.2, 0.25) is 0 Å². The monoisotopic (exact) mass is 295 g/mol. The van der Waals surface area contributed by atoms with Crippen molar-refractivity contribution in [2.45, 2.75) is 58.8 Å². The van der Waals surface area contributed by atoms with Gasteiger partial charge in [-0.3, -0.25) is 4.98 Å². The van der Waals surface area contributed by atoms with Gasteiger partial charge in [0.1, 0.15) is 0 Å². The molecule has 0 saturated carbocycles. The van der Waals surface area contributed by atoms with Gasteiger partial charge in [-0.05, 0) is 41.5 Å². The number of alkyl halides is 3. The fourth-order valence-electron chi connectivity index (χ4n) is 2.03. The Bertz CT molecular complexity index is 318. The van der Waals surface area contributed by atoms with Crippen LogP contribution in [0.15, 0.2) is 12.4 Å². The minimum atomic E-state index is -4.18. The van der Waals surface area contributed by atoms with Crippen molar-refractivity contribution >= 4 is 9.28 Å². The average Bonchev–Trinajstić information content (AvgIpc) is 2.54. The maximum absolute atomic E-state index is 12.5. The Morgan fingerprint density at radius 2 is 1.26 bits per heavy atom. The fourth-order valence-corrected chi connectivity index (χ4v) is 5.05. The van der Waals surface area contributed by atoms with E-state index in [9.17, 15) is 13.2 Å². The molecule has 1 aliphatic heterocycles. The molecule has 0 aromatic rings. The molecule has 0 amide bonds. The summed E-state index contributed by atoms with van der Waals surface area (Å²) in [6, 6.07) is 0. The third kappa shape index (κ3) is 4.41. The van der Waals surface area contributed by atoms with Gasteiger partial charge in [0.2, 0.25) is 0 Å². The van der Waals surface area contributed by atoms with Crippen LogP contribution >= 0.6 is 0 Å². The zero-order valence-electron chi connectivity index (χ0n) is 12.5. The van der Waals surface area contributed by atoms with E-state index in [4.69, 9.17) is 0 Å². The Morgan fingerprint density at radius 1 is 0.895 bits per heavy atom. The zero-order chi connectivity index (χ0) is 15.1. The topological polar surface area (TPSA) is 18.5 Å². The van der Waals surface area contributed by atoms with Crippen LogP contribution in [0.5, 0.6) is 0 Å². The highest BCUT2D eigenvalue weighted by Gasteiger charge is 2.42. The van der Waals surface area contributed by atoms with Gasteiger partial charge in [0, 0.05) is 23.5 Å². The Kier molecular flexibility index (Phi) is 4.31. The normalized spacial score (nSPS) is 18.6. The molecular formula is C12H24F3N3Si. The molecule has 0 radical (unpaired) electrons. The second-order valence-corrected chi connectivity index (χ2v) is 9.09. The van der Waals surface area contributed by atoms with Crippen molar-refractivity contribution < 1.29 is 13.2 Å². The lowest BCUT2D eigenvalue weighted by atomic mass is 10.1. The molecule has 0 spiro atoms. The van der Waals surface area contributed by atoms with Crippen LogP contribution in [-0.4, -0.2) is 42.2 Å². The summed E-state index contributed by atoms with van der Waals surface area (Å²) in [7, 11) is -2.08. The molecule has 0 unspecified atom stereocenters. The van der Waals surface area contributed by atoms with Crippen LogP contribution in [0, 0.1) is 0 Å². The van der Waals surface area contributed by atoms with Crippen molar-refractivity contribution in [3.8, 4) is 0 Å². The molecule has 0 atom stereocenters. The summed E-state index contributed by atoms with van der Waals surface area (Å²) in [4.78, 5) is 2.74. The van der Waals surface area contributed by atoms with Crippen LogP contribution in [0.3, 0.4) is 0 Å². The van der Waals surface area contributed by atoms with Crippen LogP contribution in [0.25, 0.3) is 0 Å². The third-order valence-electron chi connectivity index (χ3n) is 2.95. The number of nitrogens with one attached hydrogen (secondary N) is 1. The minimum absolute atomic E-state index is 0.189. The second-order valence-electron chi connectivity index (χ2n) is 6.82. The summed E-state index contributed by atoms with van der Waals surface area (Å²) < 4.78 is 41.5. The highest BCUT2D eigenvalue weighted by atomic mass is 28.3. The average molecular weight is 295 g/mol. The van der Waals surface area contributed by atoms with Crippen LogP contribution in [-0.2, 0) is 0 Å². The van der Waals surface area contributed by atoms with E-state index in [2.05, 4.69) is 4.98 Å². The SMILES string of the molecule is CC(C)(C)N1C=CN(C(C)(C)C)[SiH]1NCC(F)(F)F. The summed E-state index contributed by atoms with van der Waals surface area (Å²) in [5.41, 5.74) is -0.377. The smallest absolute Gasteiger partial charge is 0.371 e. The molecule has 7 heteroatoms. The lowest BCUT2D eigenvalue weighted by Crippen LogP contribution is -2.64. The summed E-state index contributed by atoms with van der Waals surface area (Å²) in [5.74, 6) is 0. The number of hydrogen-bond acceptors (Lipinski definition) is 3. The van der Waals surface area contributed by atoms with Gasteiger partial charge in [0.15, 0.2) is 0 Å². The molecular weight excluding hydrogens is 271 g/mol. The van der Waals surface area contributed by atoms with Gasteiger partial charge >= 0.3 is 15.5 Å². The van der Waals surface area contributed by atoms with Gasteiger partial charge in [-0.25, -0.2) is 0 Å². The Balaban J connectivity index is 2.89. The number of hydrogen-bond donors (Lipinski definition) is 1. The first-order valence-corrected chi connectivity index (χ1v) is 7.99. The lowest BCUT2D eigenvalue weighted by molar-refractivity contribution is -0.122. The van der Waals surface area contributed by atoms with Crippen molar-refractivity contribution in [3.63, 3.8) is 0 Å². The third-order valence-corrected chi connectivity index (χ3v) is 6.47. The molecule has 0 aromatic heterocycles. The van der Waals surface area contributed by atoms with Crippen molar-refractivity contribution in [1.82, 2.24) is 14.1 Å². The molecule has 0 aromatic carbocycles. The predicted octanol–water partition coefficient (Wildman–Crippen LogP) is 2.54. The first-order valence-electron chi connectivity index (χ1n) is 6.38. The lowest BCUT2D eigenvalue weighted by Gasteiger charge is -2.44. The van der Waals surface area contributed by atoms with E-state index in [1.807, 2.05) is 63.1 Å². The van der Waals surface area contributed by atoms with Gasteiger partial charge in [0.05, 0.1) is 6.54 Å². The molecule has 0 saturated heterocycles. The molecule has 112 valence electrons. The molecule has 0 aliphatic carbocycles. The van der Waals surface area contributed by atoms with Gasteiger partial charge in [0.25, 0.3) is 0 Å². The summed E-state index contributed by atoms with van der Waals surface area (Å²) in [5, 5.41) is 0. The van der Waals surface area contributed by atoms with Crippen LogP contribution in [0.1, 0.15) is 41.5 Å². The molecule has 19 heavy (non-hydrogen) atoms. The highest BCUT2D eigenvalue weighted by molar-refractivity contribution is 6.51. The minimum Gasteiger partial charge on any atom is -0.371 e. The van der Waals surface area contributed by atoms with E-state index < -0.39 is 22.0 Å². The largest absolute Gasteiger partial charge is 0.400 e. The predicted molar refractivity (Wildman–Crippen MR) is 73.5 cm³/mol. The highest BCUT2D eigenvalue weighted by Crippen LogP contribution is 2.27. The van der Waals surface area contributed by atoms with E-state index in [-0.39, 0.29) is 11.1 Å².